The number of nitrogens with two attached hydrogens (primary N) is 1. The van der Waals surface area contributed by atoms with Gasteiger partial charge in [-0.3, -0.25) is 4.79 Å². The first-order valence-electron chi connectivity index (χ1n) is 7.88. The number of H-pyrrole nitrogens is 1. The fraction of sp³-hybridized carbons (Fsp3) is 0.158. The summed E-state index contributed by atoms with van der Waals surface area (Å²) in [6.45, 7) is 1.93. The minimum Gasteiger partial charge on any atom is -0.384 e. The minimum absolute atomic E-state index is 0.138. The second kappa shape index (κ2) is 6.76. The van der Waals surface area contributed by atoms with Crippen LogP contribution in [-0.4, -0.2) is 27.8 Å². The van der Waals surface area contributed by atoms with Crippen LogP contribution in [0, 0.1) is 5.82 Å². The Morgan fingerprint density at radius 1 is 1.36 bits per heavy atom. The Balaban J connectivity index is 1.77. The Hall–Kier alpha value is -3.15. The first kappa shape index (κ1) is 16.7. The normalized spacial score (nSPS) is 12.6. The van der Waals surface area contributed by atoms with Gasteiger partial charge >= 0.3 is 0 Å². The Kier molecular flexibility index (Phi) is 4.52. The van der Waals surface area contributed by atoms with E-state index in [0.29, 0.717) is 11.3 Å². The molecule has 0 saturated carbocycles. The van der Waals surface area contributed by atoms with Crippen LogP contribution in [-0.2, 0) is 4.79 Å². The number of aromatic nitrogens is 2. The molecule has 3 aromatic rings. The number of carbonyl (C=O) groups is 1. The fourth-order valence-corrected chi connectivity index (χ4v) is 2.67. The highest BCUT2D eigenvalue weighted by Crippen LogP contribution is 2.28. The molecule has 128 valence electrons. The molecule has 0 radical (unpaired) electrons. The van der Waals surface area contributed by atoms with Gasteiger partial charge in [0.2, 0.25) is 5.91 Å². The summed E-state index contributed by atoms with van der Waals surface area (Å²) in [5, 5.41) is 0.903. The molecule has 0 bridgehead atoms. The Bertz CT molecular complexity index is 930. The number of benzene rings is 1. The highest BCUT2D eigenvalue weighted by Gasteiger charge is 2.18. The Morgan fingerprint density at radius 3 is 2.88 bits per heavy atom. The second-order valence-electron chi connectivity index (χ2n) is 5.91. The molecule has 25 heavy (non-hydrogen) atoms. The van der Waals surface area contributed by atoms with E-state index < -0.39 is 0 Å². The highest BCUT2D eigenvalue weighted by molar-refractivity contribution is 5.92. The number of anilines is 1. The van der Waals surface area contributed by atoms with Gasteiger partial charge in [-0.2, -0.15) is 0 Å². The SMILES string of the molecule is CC(c1c[nH]c2cc(F)ccc12)N(C)C(=O)C=Cc1ccc(N)nc1. The summed E-state index contributed by atoms with van der Waals surface area (Å²) in [6.07, 6.45) is 6.61. The number of nitrogens with one attached hydrogen (secondary N) is 1. The van der Waals surface area contributed by atoms with Crippen molar-refractivity contribution in [3.05, 3.63) is 65.7 Å². The molecule has 2 heterocycles. The van der Waals surface area contributed by atoms with Gasteiger partial charge in [0, 0.05) is 36.4 Å². The summed E-state index contributed by atoms with van der Waals surface area (Å²) in [6, 6.07) is 7.90. The molecule has 0 spiro atoms. The third-order valence-electron chi connectivity index (χ3n) is 4.28. The van der Waals surface area contributed by atoms with E-state index in [2.05, 4.69) is 9.97 Å². The van der Waals surface area contributed by atoms with E-state index in [4.69, 9.17) is 5.73 Å². The number of carbonyl (C=O) groups excluding carboxylic acids is 1. The molecular formula is C19H19FN4O. The number of amides is 1. The molecule has 2 aromatic heterocycles. The van der Waals surface area contributed by atoms with Gasteiger partial charge in [0.05, 0.1) is 6.04 Å². The average molecular weight is 338 g/mol. The number of nitrogens with zero attached hydrogens (tertiary/aromatic N) is 2. The molecule has 0 aliphatic carbocycles. The van der Waals surface area contributed by atoms with E-state index in [0.717, 1.165) is 16.5 Å². The molecule has 3 rings (SSSR count). The predicted octanol–water partition coefficient (Wildman–Crippen LogP) is 3.52. The largest absolute Gasteiger partial charge is 0.384 e. The number of fused-ring (bicyclic) bond motifs is 1. The maximum absolute atomic E-state index is 13.3. The standard InChI is InChI=1S/C19H19FN4O/c1-12(16-11-22-17-9-14(20)5-6-15(16)17)24(2)19(25)8-4-13-3-7-18(21)23-10-13/h3-12,22H,1-2H3,(H2,21,23). The lowest BCUT2D eigenvalue weighted by Gasteiger charge is -2.23. The molecule has 0 fully saturated rings. The van der Waals surface area contributed by atoms with Crippen LogP contribution in [0.15, 0.2) is 48.8 Å². The van der Waals surface area contributed by atoms with Gasteiger partial charge < -0.3 is 15.6 Å². The molecule has 1 atom stereocenters. The van der Waals surface area contributed by atoms with Crippen LogP contribution in [0.25, 0.3) is 17.0 Å². The van der Waals surface area contributed by atoms with E-state index in [1.807, 2.05) is 13.1 Å². The van der Waals surface area contributed by atoms with E-state index in [9.17, 15) is 9.18 Å². The molecule has 0 aliphatic heterocycles. The molecule has 6 heteroatoms. The second-order valence-corrected chi connectivity index (χ2v) is 5.91. The van der Waals surface area contributed by atoms with Gasteiger partial charge in [0.15, 0.2) is 0 Å². The number of rotatable bonds is 4. The molecule has 3 N–H and O–H groups in total. The Morgan fingerprint density at radius 2 is 2.16 bits per heavy atom. The van der Waals surface area contributed by atoms with Crippen molar-refractivity contribution in [1.82, 2.24) is 14.9 Å². The lowest BCUT2D eigenvalue weighted by molar-refractivity contribution is -0.126. The zero-order valence-electron chi connectivity index (χ0n) is 14.0. The summed E-state index contributed by atoms with van der Waals surface area (Å²) in [7, 11) is 1.74. The van der Waals surface area contributed by atoms with Crippen LogP contribution >= 0.6 is 0 Å². The molecular weight excluding hydrogens is 319 g/mol. The Labute approximate surface area is 145 Å². The van der Waals surface area contributed by atoms with Gasteiger partial charge in [0.25, 0.3) is 0 Å². The number of pyridine rings is 1. The van der Waals surface area contributed by atoms with Crippen LogP contribution in [0.4, 0.5) is 10.2 Å². The van der Waals surface area contributed by atoms with Crippen LogP contribution < -0.4 is 5.73 Å². The van der Waals surface area contributed by atoms with Crippen LogP contribution in [0.1, 0.15) is 24.1 Å². The van der Waals surface area contributed by atoms with Crippen molar-refractivity contribution in [2.75, 3.05) is 12.8 Å². The first-order valence-corrected chi connectivity index (χ1v) is 7.88. The number of nitrogen functional groups attached to an aromatic ring is 1. The van der Waals surface area contributed by atoms with Gasteiger partial charge in [-0.1, -0.05) is 0 Å². The van der Waals surface area contributed by atoms with Crippen molar-refractivity contribution < 1.29 is 9.18 Å². The number of aromatic amines is 1. The topological polar surface area (TPSA) is 75.0 Å². The number of halogens is 1. The monoisotopic (exact) mass is 338 g/mol. The fourth-order valence-electron chi connectivity index (χ4n) is 2.67. The molecule has 1 amide bonds. The van der Waals surface area contributed by atoms with Crippen LogP contribution in [0.3, 0.4) is 0 Å². The summed E-state index contributed by atoms with van der Waals surface area (Å²) >= 11 is 0. The van der Waals surface area contributed by atoms with Gasteiger partial charge in [-0.05, 0) is 54.5 Å². The third-order valence-corrected chi connectivity index (χ3v) is 4.28. The van der Waals surface area contributed by atoms with Crippen molar-refractivity contribution in [3.8, 4) is 0 Å². The maximum Gasteiger partial charge on any atom is 0.246 e. The van der Waals surface area contributed by atoms with Gasteiger partial charge in [-0.25, -0.2) is 9.37 Å². The number of hydrogen-bond donors (Lipinski definition) is 2. The predicted molar refractivity (Wildman–Crippen MR) is 97.1 cm³/mol. The van der Waals surface area contributed by atoms with E-state index in [-0.39, 0.29) is 17.8 Å². The number of hydrogen-bond acceptors (Lipinski definition) is 3. The summed E-state index contributed by atoms with van der Waals surface area (Å²) < 4.78 is 13.3. The van der Waals surface area contributed by atoms with Gasteiger partial charge in [0.1, 0.15) is 11.6 Å². The molecule has 5 nitrogen and oxygen atoms in total. The summed E-state index contributed by atoms with van der Waals surface area (Å²) in [5.74, 6) is 0.00352. The van der Waals surface area contributed by atoms with Crippen molar-refractivity contribution >= 4 is 28.7 Å². The van der Waals surface area contributed by atoms with Crippen molar-refractivity contribution in [1.29, 1.82) is 0 Å². The lowest BCUT2D eigenvalue weighted by atomic mass is 10.1. The van der Waals surface area contributed by atoms with E-state index in [1.54, 1.807) is 42.4 Å². The van der Waals surface area contributed by atoms with Crippen LogP contribution in [0.2, 0.25) is 0 Å². The summed E-state index contributed by atoms with van der Waals surface area (Å²) in [5.41, 5.74) is 7.99. The van der Waals surface area contributed by atoms with Crippen molar-refractivity contribution in [2.24, 2.45) is 0 Å². The van der Waals surface area contributed by atoms with Crippen molar-refractivity contribution in [2.45, 2.75) is 13.0 Å². The number of likely N-dealkylation sites (N-methyl/N-ethyl adjacent to an activating group) is 1. The zero-order chi connectivity index (χ0) is 18.0. The molecule has 1 aromatic carbocycles. The molecule has 1 unspecified atom stereocenters. The minimum atomic E-state index is -0.293. The quantitative estimate of drug-likeness (QED) is 0.715. The van der Waals surface area contributed by atoms with E-state index >= 15 is 0 Å². The molecule has 0 saturated heterocycles. The molecule has 0 aliphatic rings. The third kappa shape index (κ3) is 3.52. The first-order chi connectivity index (χ1) is 12.0. The maximum atomic E-state index is 13.3. The van der Waals surface area contributed by atoms with E-state index in [1.165, 1.54) is 18.2 Å². The van der Waals surface area contributed by atoms with Crippen molar-refractivity contribution in [3.63, 3.8) is 0 Å². The zero-order valence-corrected chi connectivity index (χ0v) is 14.0. The highest BCUT2D eigenvalue weighted by atomic mass is 19.1. The average Bonchev–Trinajstić information content (AvgIpc) is 3.02. The summed E-state index contributed by atoms with van der Waals surface area (Å²) in [4.78, 5) is 21.1. The smallest absolute Gasteiger partial charge is 0.246 e. The van der Waals surface area contributed by atoms with Gasteiger partial charge in [-0.15, -0.1) is 0 Å². The lowest BCUT2D eigenvalue weighted by Crippen LogP contribution is -2.27. The van der Waals surface area contributed by atoms with Crippen LogP contribution in [0.5, 0.6) is 0 Å².